The molecule has 254 valence electrons. The minimum absolute atomic E-state index is 0.0247. The van der Waals surface area contributed by atoms with Crippen LogP contribution >= 0.6 is 0 Å². The Hall–Kier alpha value is -2.99. The van der Waals surface area contributed by atoms with E-state index in [1.165, 1.54) is 0 Å². The Morgan fingerprint density at radius 1 is 1.04 bits per heavy atom. The summed E-state index contributed by atoms with van der Waals surface area (Å²) in [6.07, 6.45) is 2.35. The normalized spacial score (nSPS) is 19.9. The number of anilines is 1. The maximum atomic E-state index is 14.5. The highest BCUT2D eigenvalue weighted by Crippen LogP contribution is 2.29. The first-order valence-electron chi connectivity index (χ1n) is 16.4. The lowest BCUT2D eigenvalue weighted by molar-refractivity contribution is -0.139. The number of amides is 3. The van der Waals surface area contributed by atoms with Crippen molar-refractivity contribution in [3.63, 3.8) is 0 Å². The van der Waals surface area contributed by atoms with Crippen molar-refractivity contribution in [2.24, 2.45) is 11.8 Å². The van der Waals surface area contributed by atoms with Crippen LogP contribution in [0, 0.1) is 11.8 Å². The van der Waals surface area contributed by atoms with Crippen LogP contribution in [-0.2, 0) is 19.7 Å². The number of likely N-dealkylation sites (tertiary alicyclic amines) is 1. The van der Waals surface area contributed by atoms with Crippen molar-refractivity contribution in [1.82, 2.24) is 29.6 Å². The number of ether oxygens (including phenoxy) is 2. The zero-order chi connectivity index (χ0) is 33.5. The molecular weight excluding hydrogens is 574 g/mol. The number of nitrogens with one attached hydrogen (secondary N) is 1. The third-order valence-corrected chi connectivity index (χ3v) is 8.02. The standard InChI is InChI=1S/C33H57N7O5/c1-23(2)20-40(29(42)26-19-35-30(32(3,4)5)36-27(26)34-12-11-17-44-10)25-18-24(28(41)38-15-13-37(9)14-16-38)21-39(22-25)31(43)45-33(6,7)8/h19,23-25H,11-18,20-22H2,1-10H3,(H,34,35,36)/t24-,25+/m1/s1. The Bertz CT molecular complexity index is 1160. The summed E-state index contributed by atoms with van der Waals surface area (Å²) in [5.41, 5.74) is -0.627. The number of hydrogen-bond donors (Lipinski definition) is 1. The molecule has 3 amide bonds. The van der Waals surface area contributed by atoms with E-state index < -0.39 is 23.7 Å². The summed E-state index contributed by atoms with van der Waals surface area (Å²) in [5.74, 6) is 0.612. The molecule has 0 aromatic carbocycles. The van der Waals surface area contributed by atoms with Gasteiger partial charge in [-0.1, -0.05) is 34.6 Å². The Morgan fingerprint density at radius 2 is 1.71 bits per heavy atom. The third-order valence-electron chi connectivity index (χ3n) is 8.02. The van der Waals surface area contributed by atoms with Crippen molar-refractivity contribution < 1.29 is 23.9 Å². The number of carbonyl (C=O) groups is 3. The average molecular weight is 632 g/mol. The van der Waals surface area contributed by atoms with Crippen molar-refractivity contribution >= 4 is 23.7 Å². The molecule has 1 aromatic rings. The quantitative estimate of drug-likeness (QED) is 0.385. The fourth-order valence-electron chi connectivity index (χ4n) is 5.64. The first kappa shape index (κ1) is 36.5. The number of likely N-dealkylation sites (N-methyl/N-ethyl adjacent to an activating group) is 1. The van der Waals surface area contributed by atoms with Crippen molar-refractivity contribution in [2.75, 3.05) is 78.4 Å². The van der Waals surface area contributed by atoms with E-state index in [0.717, 1.165) is 19.5 Å². The number of piperidine rings is 1. The minimum atomic E-state index is -0.691. The molecule has 3 heterocycles. The van der Waals surface area contributed by atoms with Gasteiger partial charge in [-0.3, -0.25) is 9.59 Å². The van der Waals surface area contributed by atoms with Gasteiger partial charge in [0, 0.05) is 77.7 Å². The zero-order valence-corrected chi connectivity index (χ0v) is 29.3. The van der Waals surface area contributed by atoms with Gasteiger partial charge in [-0.25, -0.2) is 14.8 Å². The van der Waals surface area contributed by atoms with E-state index in [-0.39, 0.29) is 36.2 Å². The van der Waals surface area contributed by atoms with E-state index in [1.54, 1.807) is 18.2 Å². The van der Waals surface area contributed by atoms with Crippen LogP contribution in [0.15, 0.2) is 6.20 Å². The molecule has 0 spiro atoms. The number of carbonyl (C=O) groups excluding carboxylic acids is 3. The lowest BCUT2D eigenvalue weighted by Crippen LogP contribution is -2.59. The molecule has 2 aliphatic heterocycles. The second-order valence-electron chi connectivity index (χ2n) is 14.9. The smallest absolute Gasteiger partial charge is 0.410 e. The summed E-state index contributed by atoms with van der Waals surface area (Å²) < 4.78 is 11.0. The Morgan fingerprint density at radius 3 is 2.29 bits per heavy atom. The van der Waals surface area contributed by atoms with Gasteiger partial charge >= 0.3 is 6.09 Å². The van der Waals surface area contributed by atoms with Crippen molar-refractivity contribution in [2.45, 2.75) is 85.3 Å². The van der Waals surface area contributed by atoms with E-state index in [2.05, 4.69) is 36.1 Å². The van der Waals surface area contributed by atoms with Crippen molar-refractivity contribution in [3.05, 3.63) is 17.6 Å². The van der Waals surface area contributed by atoms with Crippen LogP contribution in [0.25, 0.3) is 0 Å². The molecule has 2 saturated heterocycles. The van der Waals surface area contributed by atoms with E-state index in [9.17, 15) is 14.4 Å². The topological polar surface area (TPSA) is 120 Å². The molecule has 2 aliphatic rings. The van der Waals surface area contributed by atoms with Gasteiger partial charge in [0.25, 0.3) is 5.91 Å². The molecule has 1 aromatic heterocycles. The molecule has 3 rings (SSSR count). The van der Waals surface area contributed by atoms with E-state index in [4.69, 9.17) is 14.5 Å². The van der Waals surface area contributed by atoms with Crippen LogP contribution < -0.4 is 5.32 Å². The van der Waals surface area contributed by atoms with Gasteiger partial charge in [0.1, 0.15) is 22.8 Å². The highest BCUT2D eigenvalue weighted by Gasteiger charge is 2.41. The molecule has 2 fully saturated rings. The second kappa shape index (κ2) is 15.5. The van der Waals surface area contributed by atoms with Gasteiger partial charge in [-0.2, -0.15) is 0 Å². The highest BCUT2D eigenvalue weighted by molar-refractivity contribution is 5.98. The predicted octanol–water partition coefficient (Wildman–Crippen LogP) is 3.72. The first-order chi connectivity index (χ1) is 21.0. The number of methoxy groups -OCH3 is 1. The summed E-state index contributed by atoms with van der Waals surface area (Å²) in [7, 11) is 3.71. The van der Waals surface area contributed by atoms with Crippen molar-refractivity contribution in [3.8, 4) is 0 Å². The highest BCUT2D eigenvalue weighted by atomic mass is 16.6. The van der Waals surface area contributed by atoms with Gasteiger partial charge in [0.2, 0.25) is 5.91 Å². The Balaban J connectivity index is 1.99. The van der Waals surface area contributed by atoms with E-state index in [0.29, 0.717) is 56.4 Å². The van der Waals surface area contributed by atoms with Crippen LogP contribution in [0.5, 0.6) is 0 Å². The minimum Gasteiger partial charge on any atom is -0.444 e. The van der Waals surface area contributed by atoms with Gasteiger partial charge in [0.15, 0.2) is 0 Å². The molecule has 0 aliphatic carbocycles. The van der Waals surface area contributed by atoms with Crippen LogP contribution in [0.1, 0.15) is 84.4 Å². The molecule has 45 heavy (non-hydrogen) atoms. The fraction of sp³-hybridized carbons (Fsp3) is 0.788. The van der Waals surface area contributed by atoms with E-state index >= 15 is 0 Å². The SMILES string of the molecule is COCCCNc1nc(C(C)(C)C)ncc1C(=O)N(CC(C)C)[C@H]1C[C@@H](C(=O)N2CCN(C)CC2)CN(C(=O)OC(C)(C)C)C1. The van der Waals surface area contributed by atoms with Crippen LogP contribution in [-0.4, -0.2) is 132 Å². The molecule has 1 N–H and O–H groups in total. The molecule has 2 atom stereocenters. The largest absolute Gasteiger partial charge is 0.444 e. The average Bonchev–Trinajstić information content (AvgIpc) is 2.96. The summed E-state index contributed by atoms with van der Waals surface area (Å²) in [6, 6.07) is -0.397. The van der Waals surface area contributed by atoms with Gasteiger partial charge in [-0.05, 0) is 46.6 Å². The number of hydrogen-bond acceptors (Lipinski definition) is 9. The summed E-state index contributed by atoms with van der Waals surface area (Å²) in [6.45, 7) is 20.8. The first-order valence-corrected chi connectivity index (χ1v) is 16.4. The molecule has 0 radical (unpaired) electrons. The number of piperazine rings is 1. The molecule has 0 bridgehead atoms. The monoisotopic (exact) mass is 631 g/mol. The summed E-state index contributed by atoms with van der Waals surface area (Å²) in [4.78, 5) is 58.8. The van der Waals surface area contributed by atoms with Crippen LogP contribution in [0.4, 0.5) is 10.6 Å². The lowest BCUT2D eigenvalue weighted by atomic mass is 9.91. The Kier molecular flexibility index (Phi) is 12.6. The van der Waals surface area contributed by atoms with E-state index in [1.807, 2.05) is 51.3 Å². The molecule has 0 saturated carbocycles. The Labute approximate surface area is 270 Å². The third kappa shape index (κ3) is 10.5. The fourth-order valence-corrected chi connectivity index (χ4v) is 5.64. The second-order valence-corrected chi connectivity index (χ2v) is 14.9. The van der Waals surface area contributed by atoms with Crippen LogP contribution in [0.3, 0.4) is 0 Å². The number of rotatable bonds is 10. The summed E-state index contributed by atoms with van der Waals surface area (Å²) in [5, 5.41) is 3.35. The molecule has 0 unspecified atom stereocenters. The number of aromatic nitrogens is 2. The maximum Gasteiger partial charge on any atom is 0.410 e. The summed E-state index contributed by atoms with van der Waals surface area (Å²) >= 11 is 0. The molecular formula is C33H57N7O5. The van der Waals surface area contributed by atoms with Crippen LogP contribution in [0.2, 0.25) is 0 Å². The maximum absolute atomic E-state index is 14.5. The lowest BCUT2D eigenvalue weighted by Gasteiger charge is -2.44. The predicted molar refractivity (Wildman–Crippen MR) is 175 cm³/mol. The zero-order valence-electron chi connectivity index (χ0n) is 29.3. The van der Waals surface area contributed by atoms with Crippen molar-refractivity contribution in [1.29, 1.82) is 0 Å². The van der Waals surface area contributed by atoms with Gasteiger partial charge in [0.05, 0.1) is 12.0 Å². The number of nitrogens with zero attached hydrogens (tertiary/aromatic N) is 6. The van der Waals surface area contributed by atoms with Gasteiger partial charge in [-0.15, -0.1) is 0 Å². The van der Waals surface area contributed by atoms with Gasteiger partial charge < -0.3 is 34.4 Å². The molecule has 12 heteroatoms. The molecule has 12 nitrogen and oxygen atoms in total.